The summed E-state index contributed by atoms with van der Waals surface area (Å²) in [6.07, 6.45) is 0.211. The summed E-state index contributed by atoms with van der Waals surface area (Å²) in [5, 5.41) is 29.8. The van der Waals surface area contributed by atoms with Crippen molar-refractivity contribution in [1.82, 2.24) is 25.6 Å². The van der Waals surface area contributed by atoms with Crippen molar-refractivity contribution in [3.8, 4) is 11.8 Å². The zero-order valence-electron chi connectivity index (χ0n) is 26.6. The van der Waals surface area contributed by atoms with E-state index in [4.69, 9.17) is 33.0 Å². The molecule has 254 valence electrons. The molecule has 13 heteroatoms. The second-order valence-corrected chi connectivity index (χ2v) is 12.3. The van der Waals surface area contributed by atoms with Crippen LogP contribution >= 0.6 is 23.2 Å². The zero-order chi connectivity index (χ0) is 34.8. The molecule has 0 unspecified atom stereocenters. The Labute approximate surface area is 294 Å². The van der Waals surface area contributed by atoms with Crippen molar-refractivity contribution in [3.63, 3.8) is 0 Å². The highest BCUT2D eigenvalue weighted by Crippen LogP contribution is 2.23. The molecule has 4 aromatic carbocycles. The molecule has 5 rings (SSSR count). The Hall–Kier alpha value is -4.86. The first kappa shape index (κ1) is 35.4. The highest BCUT2D eigenvalue weighted by atomic mass is 35.5. The first-order valence-corrected chi connectivity index (χ1v) is 16.5. The van der Waals surface area contributed by atoms with Crippen molar-refractivity contribution >= 4 is 51.8 Å². The van der Waals surface area contributed by atoms with E-state index in [0.717, 1.165) is 21.9 Å². The summed E-state index contributed by atoms with van der Waals surface area (Å²) in [5.41, 5.74) is 2.43. The van der Waals surface area contributed by atoms with E-state index in [0.29, 0.717) is 21.4 Å². The van der Waals surface area contributed by atoms with Crippen LogP contribution in [0, 0.1) is 11.3 Å². The van der Waals surface area contributed by atoms with Gasteiger partial charge < -0.3 is 25.4 Å². The normalized spacial score (nSPS) is 15.5. The maximum atomic E-state index is 14.3. The summed E-state index contributed by atoms with van der Waals surface area (Å²) in [6, 6.07) is 26.5. The number of amides is 4. The largest absolute Gasteiger partial charge is 0.491 e. The van der Waals surface area contributed by atoms with E-state index < -0.39 is 18.0 Å². The zero-order valence-corrected chi connectivity index (χ0v) is 28.2. The Kier molecular flexibility index (Phi) is 12.3. The number of halogens is 2. The van der Waals surface area contributed by atoms with E-state index in [1.165, 1.54) is 10.0 Å². The number of hydrazine groups is 1. The van der Waals surface area contributed by atoms with Crippen molar-refractivity contribution in [2.45, 2.75) is 25.6 Å². The molecule has 1 aliphatic rings. The van der Waals surface area contributed by atoms with E-state index in [-0.39, 0.29) is 64.8 Å². The smallest absolute Gasteiger partial charge is 0.333 e. The summed E-state index contributed by atoms with van der Waals surface area (Å²) >= 11 is 12.2. The van der Waals surface area contributed by atoms with Crippen LogP contribution in [0.2, 0.25) is 10.0 Å². The average molecular weight is 704 g/mol. The van der Waals surface area contributed by atoms with Gasteiger partial charge in [-0.3, -0.25) is 9.59 Å². The lowest BCUT2D eigenvalue weighted by Gasteiger charge is -2.33. The molecule has 1 fully saturated rings. The molecule has 0 spiro atoms. The van der Waals surface area contributed by atoms with Gasteiger partial charge in [0, 0.05) is 32.6 Å². The molecular weight excluding hydrogens is 667 g/mol. The van der Waals surface area contributed by atoms with Crippen LogP contribution in [-0.2, 0) is 29.1 Å². The Balaban J connectivity index is 1.40. The molecule has 1 aliphatic heterocycles. The van der Waals surface area contributed by atoms with Gasteiger partial charge in [0.2, 0.25) is 11.8 Å². The van der Waals surface area contributed by atoms with Gasteiger partial charge >= 0.3 is 6.03 Å². The Bertz CT molecular complexity index is 1830. The molecular formula is C36H36Cl2N6O5. The number of ether oxygens (including phenoxy) is 1. The minimum absolute atomic E-state index is 0.106. The topological polar surface area (TPSA) is 138 Å². The van der Waals surface area contributed by atoms with Gasteiger partial charge in [0.1, 0.15) is 24.9 Å². The van der Waals surface area contributed by atoms with Gasteiger partial charge in [0.15, 0.2) is 0 Å². The summed E-state index contributed by atoms with van der Waals surface area (Å²) in [7, 11) is 0. The van der Waals surface area contributed by atoms with Gasteiger partial charge in [-0.15, -0.1) is 0 Å². The molecule has 4 aromatic rings. The number of nitrogens with zero attached hydrogens (tertiary/aromatic N) is 4. The van der Waals surface area contributed by atoms with Crippen LogP contribution in [0.15, 0.2) is 84.9 Å². The third kappa shape index (κ3) is 9.40. The molecule has 0 radical (unpaired) electrons. The first-order valence-electron chi connectivity index (χ1n) is 15.7. The molecule has 4 amide bonds. The monoisotopic (exact) mass is 702 g/mol. The summed E-state index contributed by atoms with van der Waals surface area (Å²) in [6.45, 7) is 0.100. The number of fused-ring (bicyclic) bond motifs is 1. The maximum Gasteiger partial charge on any atom is 0.333 e. The van der Waals surface area contributed by atoms with Crippen LogP contribution in [0.1, 0.15) is 16.7 Å². The standard InChI is InChI=1S/C36H36Cl2N6O5/c37-31-13-10-26(20-32(31)38)22-40-36(48)44(15-14-39)43-17-16-42(23-28-6-3-5-27-4-1-2-7-30(27)28)35(47)33(41-34(46)24-43)21-25-8-11-29(12-9-25)49-19-18-45/h1-13,20,33,45H,15-19,21-24H2,(H,40,48)(H,41,46)/t33-/m0/s1. The minimum Gasteiger partial charge on any atom is -0.491 e. The minimum atomic E-state index is -0.903. The molecule has 1 atom stereocenters. The van der Waals surface area contributed by atoms with Crippen molar-refractivity contribution in [2.75, 3.05) is 39.4 Å². The highest BCUT2D eigenvalue weighted by molar-refractivity contribution is 6.42. The fraction of sp³-hybridized carbons (Fsp3) is 0.278. The number of nitrogens with one attached hydrogen (secondary N) is 2. The molecule has 3 N–H and O–H groups in total. The van der Waals surface area contributed by atoms with Crippen LogP contribution in [0.25, 0.3) is 10.8 Å². The van der Waals surface area contributed by atoms with Crippen LogP contribution in [0.5, 0.6) is 5.75 Å². The number of hydrogen-bond donors (Lipinski definition) is 3. The highest BCUT2D eigenvalue weighted by Gasteiger charge is 2.32. The molecule has 11 nitrogen and oxygen atoms in total. The number of nitriles is 1. The van der Waals surface area contributed by atoms with Crippen LogP contribution in [-0.4, -0.2) is 83.3 Å². The fourth-order valence-corrected chi connectivity index (χ4v) is 5.98. The van der Waals surface area contributed by atoms with Crippen molar-refractivity contribution < 1.29 is 24.2 Å². The Morgan fingerprint density at radius 3 is 2.51 bits per heavy atom. The van der Waals surface area contributed by atoms with Crippen LogP contribution in [0.3, 0.4) is 0 Å². The lowest BCUT2D eigenvalue weighted by Crippen LogP contribution is -2.55. The quantitative estimate of drug-likeness (QED) is 0.195. The number of carbonyl (C=O) groups is 3. The lowest BCUT2D eigenvalue weighted by atomic mass is 10.0. The number of urea groups is 1. The maximum absolute atomic E-state index is 14.3. The number of aliphatic hydroxyl groups excluding tert-OH is 1. The van der Waals surface area contributed by atoms with E-state index in [2.05, 4.69) is 10.6 Å². The van der Waals surface area contributed by atoms with Gasteiger partial charge in [0.25, 0.3) is 0 Å². The second-order valence-electron chi connectivity index (χ2n) is 11.4. The predicted octanol–water partition coefficient (Wildman–Crippen LogP) is 4.54. The summed E-state index contributed by atoms with van der Waals surface area (Å²) in [4.78, 5) is 42.9. The number of aliphatic hydroxyl groups is 1. The van der Waals surface area contributed by atoms with Crippen molar-refractivity contribution in [3.05, 3.63) is 112 Å². The van der Waals surface area contributed by atoms with Crippen LogP contribution in [0.4, 0.5) is 4.79 Å². The third-order valence-electron chi connectivity index (χ3n) is 8.09. The Morgan fingerprint density at radius 2 is 1.76 bits per heavy atom. The van der Waals surface area contributed by atoms with Gasteiger partial charge in [-0.1, -0.05) is 83.9 Å². The lowest BCUT2D eigenvalue weighted by molar-refractivity contribution is -0.136. The third-order valence-corrected chi connectivity index (χ3v) is 8.83. The van der Waals surface area contributed by atoms with Gasteiger partial charge in [-0.2, -0.15) is 5.26 Å². The van der Waals surface area contributed by atoms with Crippen molar-refractivity contribution in [2.24, 2.45) is 0 Å². The fourth-order valence-electron chi connectivity index (χ4n) is 5.66. The van der Waals surface area contributed by atoms with Gasteiger partial charge in [0.05, 0.1) is 29.3 Å². The molecule has 1 saturated heterocycles. The SMILES string of the molecule is N#CCN(C(=O)NCc1ccc(Cl)c(Cl)c1)N1CCN(Cc2cccc3ccccc23)C(=O)[C@H](Cc2ccc(OCCO)cc2)NC(=O)C1. The Morgan fingerprint density at radius 1 is 1.00 bits per heavy atom. The van der Waals surface area contributed by atoms with E-state index >= 15 is 0 Å². The molecule has 0 bridgehead atoms. The van der Waals surface area contributed by atoms with Gasteiger partial charge in [-0.05, 0) is 51.7 Å². The van der Waals surface area contributed by atoms with Crippen LogP contribution < -0.4 is 15.4 Å². The number of rotatable bonds is 11. The van der Waals surface area contributed by atoms with E-state index in [1.54, 1.807) is 35.2 Å². The molecule has 0 saturated carbocycles. The molecule has 0 aliphatic carbocycles. The van der Waals surface area contributed by atoms with Crippen molar-refractivity contribution in [1.29, 1.82) is 5.26 Å². The summed E-state index contributed by atoms with van der Waals surface area (Å²) < 4.78 is 5.46. The van der Waals surface area contributed by atoms with E-state index in [1.807, 2.05) is 60.7 Å². The number of hydrogen-bond acceptors (Lipinski definition) is 7. The molecule has 49 heavy (non-hydrogen) atoms. The van der Waals surface area contributed by atoms with E-state index in [9.17, 15) is 19.6 Å². The predicted molar refractivity (Wildman–Crippen MR) is 187 cm³/mol. The molecule has 1 heterocycles. The molecule has 0 aromatic heterocycles. The summed E-state index contributed by atoms with van der Waals surface area (Å²) in [5.74, 6) is -0.181. The number of carbonyl (C=O) groups excluding carboxylic acids is 3. The average Bonchev–Trinajstić information content (AvgIpc) is 3.16. The first-order chi connectivity index (χ1) is 23.7. The van der Waals surface area contributed by atoms with Gasteiger partial charge in [-0.25, -0.2) is 14.8 Å². The number of benzene rings is 4. The second kappa shape index (κ2) is 17.0.